The van der Waals surface area contributed by atoms with Crippen molar-refractivity contribution >= 4 is 52.4 Å². The number of esters is 2. The molecule has 51 heavy (non-hydrogen) atoms. The summed E-state index contributed by atoms with van der Waals surface area (Å²) in [6.45, 7) is 4.69. The number of carbonyl (C=O) groups excluding carboxylic acids is 4. The van der Waals surface area contributed by atoms with Gasteiger partial charge in [-0.1, -0.05) is 24.3 Å². The van der Waals surface area contributed by atoms with Crippen LogP contribution in [-0.4, -0.2) is 96.0 Å². The highest BCUT2D eigenvalue weighted by Gasteiger charge is 2.48. The van der Waals surface area contributed by atoms with Gasteiger partial charge in [-0.3, -0.25) is 14.6 Å². The summed E-state index contributed by atoms with van der Waals surface area (Å²) in [7, 11) is 1.38. The minimum Gasteiger partial charge on any atom is -0.542 e. The van der Waals surface area contributed by atoms with Crippen LogP contribution < -0.4 is 10.4 Å². The van der Waals surface area contributed by atoms with Gasteiger partial charge in [0.1, 0.15) is 29.6 Å². The Labute approximate surface area is 291 Å². The first-order valence-corrected chi connectivity index (χ1v) is 15.7. The highest BCUT2D eigenvalue weighted by molar-refractivity contribution is 7.12. The van der Waals surface area contributed by atoms with E-state index in [2.05, 4.69) is 10.3 Å². The summed E-state index contributed by atoms with van der Waals surface area (Å²) in [4.78, 5) is 57.5. The number of thiophene rings is 1. The summed E-state index contributed by atoms with van der Waals surface area (Å²) in [5, 5.41) is 20.9. The SMILES string of the molecule is CC(=O)O[C@H]1C[N+]2(CC(=O)c3ccccn3)CCC1CC2.COC(=O)c1sccc1Nc1ccccc1.O=C(O)C(F)(F)F.O=C([O-])C(F)(F)F. The Morgan fingerprint density at radius 1 is 0.961 bits per heavy atom. The monoisotopic (exact) mass is 749 g/mol. The van der Waals surface area contributed by atoms with Gasteiger partial charge in [0.15, 0.2) is 6.10 Å². The van der Waals surface area contributed by atoms with Gasteiger partial charge in [-0.15, -0.1) is 11.3 Å². The quantitative estimate of drug-likeness (QED) is 0.149. The topological polar surface area (TPSA) is 172 Å². The normalized spacial score (nSPS) is 18.9. The predicted molar refractivity (Wildman–Crippen MR) is 167 cm³/mol. The summed E-state index contributed by atoms with van der Waals surface area (Å²) in [5.41, 5.74) is 2.26. The number of nitrogens with one attached hydrogen (secondary N) is 1. The van der Waals surface area contributed by atoms with Crippen LogP contribution in [0.3, 0.4) is 0 Å². The minimum atomic E-state index is -5.19. The Kier molecular flexibility index (Phi) is 15.5. The first kappa shape index (κ1) is 42.1. The molecular weight excluding hydrogens is 716 g/mol. The number of fused-ring (bicyclic) bond motifs is 3. The first-order valence-electron chi connectivity index (χ1n) is 14.8. The van der Waals surface area contributed by atoms with Crippen molar-refractivity contribution in [2.75, 3.05) is 38.6 Å². The van der Waals surface area contributed by atoms with Gasteiger partial charge < -0.3 is 34.3 Å². The number of anilines is 2. The number of piperidine rings is 3. The van der Waals surface area contributed by atoms with Gasteiger partial charge in [0, 0.05) is 37.6 Å². The van der Waals surface area contributed by atoms with E-state index >= 15 is 0 Å². The molecule has 0 aliphatic carbocycles. The molecule has 5 heterocycles. The molecule has 3 saturated heterocycles. The van der Waals surface area contributed by atoms with Gasteiger partial charge in [-0.2, -0.15) is 26.3 Å². The molecule has 0 unspecified atom stereocenters. The van der Waals surface area contributed by atoms with Crippen LogP contribution in [0.1, 0.15) is 39.9 Å². The number of hydrogen-bond donors (Lipinski definition) is 2. The third-order valence-corrected chi connectivity index (χ3v) is 8.25. The van der Waals surface area contributed by atoms with Crippen molar-refractivity contribution in [1.82, 2.24) is 4.98 Å². The standard InChI is InChI=1S/C16H21N2O3.C12H11NO2S.2C2HF3O2/c1-12(19)21-16-11-18(8-5-13(16)6-9-18)10-15(20)14-4-2-3-7-17-14;1-15-12(14)11-10(7-8-16-11)13-9-5-3-2-4-6-9;2*3-2(4,5)1(6)7/h2-4,7,13,16H,5-6,8-11H2,1H3;2-8,13H,1H3;2*(H,6,7)/q+1;;;/p-1/t13?,16-,18?;;;/m0.../s1. The molecule has 2 N–H and O–H groups in total. The second kappa shape index (κ2) is 18.8. The van der Waals surface area contributed by atoms with Crippen molar-refractivity contribution < 1.29 is 74.5 Å². The summed E-state index contributed by atoms with van der Waals surface area (Å²) in [5.74, 6) is -5.74. The van der Waals surface area contributed by atoms with Crippen LogP contribution in [0, 0.1) is 5.92 Å². The number of hydrogen-bond acceptors (Lipinski definition) is 11. The molecule has 1 atom stereocenters. The van der Waals surface area contributed by atoms with Crippen molar-refractivity contribution in [2.24, 2.45) is 5.92 Å². The van der Waals surface area contributed by atoms with Crippen LogP contribution in [0.4, 0.5) is 37.7 Å². The Hall–Kier alpha value is -5.04. The van der Waals surface area contributed by atoms with E-state index in [0.29, 0.717) is 23.0 Å². The number of Topliss-reactive ketones (excluding diaryl/α,β-unsaturated/α-hetero) is 1. The molecule has 19 heteroatoms. The molecule has 12 nitrogen and oxygen atoms in total. The molecule has 6 rings (SSSR count). The highest BCUT2D eigenvalue weighted by Crippen LogP contribution is 2.35. The average Bonchev–Trinajstić information content (AvgIpc) is 3.53. The second-order valence-electron chi connectivity index (χ2n) is 11.0. The van der Waals surface area contributed by atoms with Crippen molar-refractivity contribution in [3.8, 4) is 0 Å². The fraction of sp³-hybridized carbons (Fsp3) is 0.375. The number of halogens is 6. The number of aromatic nitrogens is 1. The predicted octanol–water partition coefficient (Wildman–Crippen LogP) is 4.65. The maximum absolute atomic E-state index is 12.4. The Morgan fingerprint density at radius 2 is 1.53 bits per heavy atom. The number of ketones is 1. The fourth-order valence-corrected chi connectivity index (χ4v) is 5.80. The molecular formula is C32H33F6N3O9S. The Balaban J connectivity index is 0.000000264. The fourth-order valence-electron chi connectivity index (χ4n) is 5.04. The van der Waals surface area contributed by atoms with E-state index in [0.717, 1.165) is 48.3 Å². The maximum atomic E-state index is 12.4. The molecule has 3 aliphatic rings. The van der Waals surface area contributed by atoms with Crippen LogP contribution >= 0.6 is 11.3 Å². The molecule has 2 aromatic heterocycles. The summed E-state index contributed by atoms with van der Waals surface area (Å²) >= 11 is 1.36. The minimum absolute atomic E-state index is 0.0264. The number of rotatable bonds is 7. The molecule has 0 amide bonds. The number of quaternary nitrogens is 1. The summed E-state index contributed by atoms with van der Waals surface area (Å²) in [6, 6.07) is 17.0. The smallest absolute Gasteiger partial charge is 0.490 e. The number of nitrogens with zero attached hydrogens (tertiary/aromatic N) is 2. The summed E-state index contributed by atoms with van der Waals surface area (Å²) < 4.78 is 74.2. The number of aliphatic carboxylic acids is 2. The maximum Gasteiger partial charge on any atom is 0.490 e. The average molecular weight is 750 g/mol. The van der Waals surface area contributed by atoms with Gasteiger partial charge >= 0.3 is 30.3 Å². The zero-order valence-corrected chi connectivity index (χ0v) is 27.8. The van der Waals surface area contributed by atoms with E-state index in [-0.39, 0.29) is 23.8 Å². The van der Waals surface area contributed by atoms with Gasteiger partial charge in [0.25, 0.3) is 0 Å². The van der Waals surface area contributed by atoms with Crippen LogP contribution in [0.25, 0.3) is 0 Å². The molecule has 0 radical (unpaired) electrons. The second-order valence-corrected chi connectivity index (χ2v) is 11.9. The van der Waals surface area contributed by atoms with E-state index in [9.17, 15) is 40.7 Å². The van der Waals surface area contributed by atoms with Crippen molar-refractivity contribution in [3.05, 3.63) is 76.7 Å². The molecule has 2 bridgehead atoms. The number of carbonyl (C=O) groups is 5. The lowest BCUT2D eigenvalue weighted by Gasteiger charge is -2.51. The molecule has 278 valence electrons. The zero-order chi connectivity index (χ0) is 38.4. The number of methoxy groups -OCH3 is 1. The molecule has 3 aromatic rings. The lowest BCUT2D eigenvalue weighted by Crippen LogP contribution is -2.65. The van der Waals surface area contributed by atoms with E-state index in [1.807, 2.05) is 53.9 Å². The largest absolute Gasteiger partial charge is 0.542 e. The number of pyridine rings is 1. The lowest BCUT2D eigenvalue weighted by molar-refractivity contribution is -0.938. The van der Waals surface area contributed by atoms with Crippen LogP contribution in [0.15, 0.2) is 66.2 Å². The van der Waals surface area contributed by atoms with E-state index < -0.39 is 24.3 Å². The van der Waals surface area contributed by atoms with Gasteiger partial charge in [-0.25, -0.2) is 9.59 Å². The molecule has 3 fully saturated rings. The Morgan fingerprint density at radius 3 is 2.00 bits per heavy atom. The first-order chi connectivity index (χ1) is 23.8. The van der Waals surface area contributed by atoms with E-state index in [1.165, 1.54) is 25.4 Å². The number of carboxylic acid groups (broad SMARTS) is 2. The van der Waals surface area contributed by atoms with Crippen LogP contribution in [0.2, 0.25) is 0 Å². The molecule has 1 aromatic carbocycles. The number of benzene rings is 1. The lowest BCUT2D eigenvalue weighted by atomic mass is 9.83. The zero-order valence-electron chi connectivity index (χ0n) is 27.0. The van der Waals surface area contributed by atoms with Crippen LogP contribution in [-0.2, 0) is 23.9 Å². The number of para-hydroxylation sites is 1. The third-order valence-electron chi connectivity index (χ3n) is 7.35. The van der Waals surface area contributed by atoms with Crippen molar-refractivity contribution in [1.29, 1.82) is 0 Å². The number of carboxylic acids is 2. The van der Waals surface area contributed by atoms with Crippen molar-refractivity contribution in [2.45, 2.75) is 38.2 Å². The van der Waals surface area contributed by atoms with Crippen LogP contribution in [0.5, 0.6) is 0 Å². The van der Waals surface area contributed by atoms with Gasteiger partial charge in [-0.05, 0) is 35.7 Å². The molecule has 3 aliphatic heterocycles. The number of ether oxygens (including phenoxy) is 2. The van der Waals surface area contributed by atoms with E-state index in [1.54, 1.807) is 12.3 Å². The van der Waals surface area contributed by atoms with E-state index in [4.69, 9.17) is 29.3 Å². The van der Waals surface area contributed by atoms with Gasteiger partial charge in [0.2, 0.25) is 5.78 Å². The molecule has 0 spiro atoms. The third kappa shape index (κ3) is 14.0. The summed E-state index contributed by atoms with van der Waals surface area (Å²) in [6.07, 6.45) is -6.58. The van der Waals surface area contributed by atoms with Gasteiger partial charge in [0.05, 0.1) is 25.9 Å². The van der Waals surface area contributed by atoms with Crippen molar-refractivity contribution in [3.63, 3.8) is 0 Å². The highest BCUT2D eigenvalue weighted by atomic mass is 32.1. The Bertz CT molecular complexity index is 1590. The number of alkyl halides is 6. The molecule has 0 saturated carbocycles.